The third-order valence-electron chi connectivity index (χ3n) is 4.33. The molecule has 0 radical (unpaired) electrons. The Kier molecular flexibility index (Phi) is 17.9. The van der Waals surface area contributed by atoms with Gasteiger partial charge in [-0.2, -0.15) is 0 Å². The fourth-order valence-electron chi connectivity index (χ4n) is 1.31. The summed E-state index contributed by atoms with van der Waals surface area (Å²) in [5.74, 6) is 1.18. The SMILES string of the molecule is C=P(O)(O)C(C)C.C=S(=O)(O)C(C)C.CC(=O)c1cc(C(=O)O)cc(C(C)C)c1.CC(C)C(=O)O. The summed E-state index contributed by atoms with van der Waals surface area (Å²) in [4.78, 5) is 49.0. The number of carboxylic acid groups (broad SMARTS) is 2. The molecule has 0 aliphatic heterocycles. The Labute approximate surface area is 210 Å². The maximum atomic E-state index is 11.2. The quantitative estimate of drug-likeness (QED) is 0.196. The molecule has 0 fully saturated rings. The molecule has 1 unspecified atom stereocenters. The van der Waals surface area contributed by atoms with Gasteiger partial charge < -0.3 is 24.6 Å². The van der Waals surface area contributed by atoms with Crippen molar-refractivity contribution in [1.82, 2.24) is 0 Å². The summed E-state index contributed by atoms with van der Waals surface area (Å²) in [7, 11) is -5.48. The van der Waals surface area contributed by atoms with Gasteiger partial charge in [0.05, 0.1) is 21.3 Å². The van der Waals surface area contributed by atoms with Crippen LogP contribution >= 0.6 is 7.34 Å². The largest absolute Gasteiger partial charge is 0.481 e. The van der Waals surface area contributed by atoms with E-state index in [-0.39, 0.29) is 34.1 Å². The second kappa shape index (κ2) is 16.7. The number of aromatic carboxylic acids is 1. The summed E-state index contributed by atoms with van der Waals surface area (Å²) in [6, 6.07) is 4.77. The monoisotopic (exact) mass is 538 g/mol. The summed E-state index contributed by atoms with van der Waals surface area (Å²) in [5, 5.41) is 16.6. The number of carbonyl (C=O) groups is 3. The fourth-order valence-corrected chi connectivity index (χ4v) is 1.31. The van der Waals surface area contributed by atoms with Crippen LogP contribution in [0.2, 0.25) is 0 Å². The number of hydrogen-bond donors (Lipinski definition) is 5. The van der Waals surface area contributed by atoms with Crippen LogP contribution in [-0.4, -0.2) is 69.6 Å². The number of rotatable bonds is 6. The number of ketones is 1. The van der Waals surface area contributed by atoms with Gasteiger partial charge >= 0.3 is 11.9 Å². The first kappa shape index (κ1) is 37.6. The van der Waals surface area contributed by atoms with E-state index in [2.05, 4.69) is 12.2 Å². The van der Waals surface area contributed by atoms with Crippen molar-refractivity contribution in [3.63, 3.8) is 0 Å². The highest BCUT2D eigenvalue weighted by Gasteiger charge is 2.11. The van der Waals surface area contributed by atoms with E-state index in [4.69, 9.17) is 24.6 Å². The summed E-state index contributed by atoms with van der Waals surface area (Å²) >= 11 is 0. The third kappa shape index (κ3) is 20.0. The minimum absolute atomic E-state index is 0.0903. The van der Waals surface area contributed by atoms with Crippen LogP contribution in [0.15, 0.2) is 18.2 Å². The summed E-state index contributed by atoms with van der Waals surface area (Å²) in [6.45, 7) is 15.4. The van der Waals surface area contributed by atoms with E-state index in [9.17, 15) is 18.6 Å². The molecule has 35 heavy (non-hydrogen) atoms. The molecule has 204 valence electrons. The smallest absolute Gasteiger partial charge is 0.335 e. The Bertz CT molecular complexity index is 940. The van der Waals surface area contributed by atoms with Gasteiger partial charge in [-0.25, -0.2) is 9.00 Å². The fraction of sp³-hybridized carbons (Fsp3) is 0.542. The van der Waals surface area contributed by atoms with Crippen molar-refractivity contribution in [1.29, 1.82) is 0 Å². The molecule has 0 spiro atoms. The molecule has 1 atom stereocenters. The lowest BCUT2D eigenvalue weighted by molar-refractivity contribution is -0.140. The van der Waals surface area contributed by atoms with E-state index < -0.39 is 29.1 Å². The van der Waals surface area contributed by atoms with E-state index in [1.54, 1.807) is 53.7 Å². The molecule has 0 amide bonds. The summed E-state index contributed by atoms with van der Waals surface area (Å²) in [6.07, 6.45) is 3.19. The first-order valence-electron chi connectivity index (χ1n) is 10.8. The van der Waals surface area contributed by atoms with Crippen molar-refractivity contribution in [2.75, 3.05) is 0 Å². The van der Waals surface area contributed by atoms with Crippen LogP contribution in [0, 0.1) is 5.92 Å². The average molecular weight is 539 g/mol. The molecule has 1 rings (SSSR count). The van der Waals surface area contributed by atoms with E-state index >= 15 is 0 Å². The minimum Gasteiger partial charge on any atom is -0.481 e. The Morgan fingerprint density at radius 1 is 0.886 bits per heavy atom. The maximum Gasteiger partial charge on any atom is 0.335 e. The van der Waals surface area contributed by atoms with Crippen molar-refractivity contribution < 1.29 is 43.1 Å². The van der Waals surface area contributed by atoms with Gasteiger partial charge in [0.25, 0.3) is 0 Å². The van der Waals surface area contributed by atoms with Crippen molar-refractivity contribution >= 4 is 47.0 Å². The van der Waals surface area contributed by atoms with Gasteiger partial charge in [-0.1, -0.05) is 47.8 Å². The molecule has 0 aromatic heterocycles. The van der Waals surface area contributed by atoms with Crippen LogP contribution in [0.4, 0.5) is 0 Å². The zero-order chi connectivity index (χ0) is 28.9. The topological polar surface area (TPSA) is 169 Å². The highest BCUT2D eigenvalue weighted by Crippen LogP contribution is 2.39. The maximum absolute atomic E-state index is 11.2. The van der Waals surface area contributed by atoms with Gasteiger partial charge in [-0.15, -0.1) is 0 Å². The lowest BCUT2D eigenvalue weighted by atomic mass is 9.96. The van der Waals surface area contributed by atoms with Gasteiger partial charge in [-0.05, 0) is 56.3 Å². The van der Waals surface area contributed by atoms with Crippen LogP contribution in [0.25, 0.3) is 0 Å². The van der Waals surface area contributed by atoms with E-state index in [0.29, 0.717) is 5.56 Å². The van der Waals surface area contributed by atoms with Crippen LogP contribution in [-0.2, 0) is 14.6 Å². The lowest BCUT2D eigenvalue weighted by Gasteiger charge is -2.12. The zero-order valence-electron chi connectivity index (χ0n) is 22.2. The van der Waals surface area contributed by atoms with Gasteiger partial charge in [0.1, 0.15) is 7.34 Å². The highest BCUT2D eigenvalue weighted by atomic mass is 32.2. The molecule has 1 aromatic carbocycles. The first-order valence-corrected chi connectivity index (χ1v) is 14.5. The number of Topliss-reactive ketones (excluding diaryl/α,β-unsaturated/α-hetero) is 1. The Balaban J connectivity index is -0.000000432. The predicted octanol–water partition coefficient (Wildman–Crippen LogP) is 4.68. The van der Waals surface area contributed by atoms with Gasteiger partial charge in [0, 0.05) is 16.5 Å². The second-order valence-electron chi connectivity index (χ2n) is 8.97. The molecular weight excluding hydrogens is 495 g/mol. The number of hydrogen-bond acceptors (Lipinski definition) is 6. The minimum atomic E-state index is -2.74. The van der Waals surface area contributed by atoms with E-state index in [1.807, 2.05) is 13.8 Å². The molecule has 0 saturated heterocycles. The standard InChI is InChI=1S/C12H14O3.C4H11O2P.C4H10O2S.C4H8O2/c1-7(2)9-4-10(8(3)13)6-11(5-9)12(14)15;2*1-4(2)7(3,5)6;1-3(2)4(5)6/h4-7H,1-3H3,(H,14,15);4-6H,3H2,1-2H3;4H,3H2,1-2H3,(H,5,6);3H,1-2H3,(H,5,6). The molecular formula is C24H43O9PS. The molecule has 0 bridgehead atoms. The van der Waals surface area contributed by atoms with Gasteiger partial charge in [0.2, 0.25) is 0 Å². The molecule has 5 N–H and O–H groups in total. The molecule has 0 saturated carbocycles. The molecule has 1 aromatic rings. The molecule has 0 aliphatic carbocycles. The van der Waals surface area contributed by atoms with Crippen molar-refractivity contribution in [2.24, 2.45) is 5.92 Å². The average Bonchev–Trinajstić information content (AvgIpc) is 2.67. The van der Waals surface area contributed by atoms with Crippen LogP contribution in [0.3, 0.4) is 0 Å². The summed E-state index contributed by atoms with van der Waals surface area (Å²) < 4.78 is 18.8. The first-order chi connectivity index (χ1) is 15.4. The van der Waals surface area contributed by atoms with Crippen molar-refractivity contribution in [3.8, 4) is 0 Å². The normalized spacial score (nSPS) is 12.5. The Morgan fingerprint density at radius 3 is 1.37 bits per heavy atom. The third-order valence-corrected chi connectivity index (χ3v) is 7.46. The number of carbonyl (C=O) groups excluding carboxylic acids is 1. The Morgan fingerprint density at radius 2 is 1.20 bits per heavy atom. The number of aliphatic carboxylic acids is 1. The van der Waals surface area contributed by atoms with E-state index in [1.165, 1.54) is 13.0 Å². The molecule has 11 heteroatoms. The molecule has 0 aliphatic rings. The summed E-state index contributed by atoms with van der Waals surface area (Å²) in [5.41, 5.74) is 1.41. The van der Waals surface area contributed by atoms with Crippen molar-refractivity contribution in [2.45, 2.75) is 79.1 Å². The van der Waals surface area contributed by atoms with E-state index in [0.717, 1.165) is 5.56 Å². The van der Waals surface area contributed by atoms with Crippen LogP contribution in [0.1, 0.15) is 94.5 Å². The number of benzene rings is 1. The lowest BCUT2D eigenvalue weighted by Crippen LogP contribution is -2.10. The number of carboxylic acids is 2. The van der Waals surface area contributed by atoms with Gasteiger partial charge in [0.15, 0.2) is 5.78 Å². The molecule has 9 nitrogen and oxygen atoms in total. The highest BCUT2D eigenvalue weighted by molar-refractivity contribution is 7.95. The van der Waals surface area contributed by atoms with Gasteiger partial charge in [-0.3, -0.25) is 9.59 Å². The predicted molar refractivity (Wildman–Crippen MR) is 147 cm³/mol. The van der Waals surface area contributed by atoms with Crippen LogP contribution in [0.5, 0.6) is 0 Å². The van der Waals surface area contributed by atoms with Crippen LogP contribution < -0.4 is 0 Å². The Hall–Kier alpha value is -1.97. The molecule has 0 heterocycles. The van der Waals surface area contributed by atoms with Crippen molar-refractivity contribution in [3.05, 3.63) is 34.9 Å². The second-order valence-corrected chi connectivity index (χ2v) is 13.9. The zero-order valence-corrected chi connectivity index (χ0v) is 23.9.